The normalized spacial score (nSPS) is 43.9. The van der Waals surface area contributed by atoms with Crippen molar-refractivity contribution in [2.45, 2.75) is 132 Å². The number of hydrogen-bond acceptors (Lipinski definition) is 3. The third-order valence-corrected chi connectivity index (χ3v) is 15.8. The molecule has 3 nitrogen and oxygen atoms in total. The molecular weight excluding hydrogens is 576 g/mol. The summed E-state index contributed by atoms with van der Waals surface area (Å²) in [7, 11) is 0. The van der Waals surface area contributed by atoms with Crippen LogP contribution in [-0.4, -0.2) is 23.9 Å². The maximum absolute atomic E-state index is 11.1. The summed E-state index contributed by atoms with van der Waals surface area (Å²) in [6.07, 6.45) is 13.9. The summed E-state index contributed by atoms with van der Waals surface area (Å²) in [4.78, 5) is 0. The van der Waals surface area contributed by atoms with Gasteiger partial charge >= 0.3 is 0 Å². The Morgan fingerprint density at radius 2 is 1.28 bits per heavy atom. The summed E-state index contributed by atoms with van der Waals surface area (Å²) in [6, 6.07) is 21.3. The maximum atomic E-state index is 11.1. The average molecular weight is 639 g/mol. The molecule has 47 heavy (non-hydrogen) atoms. The van der Waals surface area contributed by atoms with E-state index in [1.807, 2.05) is 0 Å². The Morgan fingerprint density at radius 3 is 1.89 bits per heavy atom. The summed E-state index contributed by atoms with van der Waals surface area (Å²) in [5.74, 6) is 1.65. The molecule has 0 saturated heterocycles. The highest BCUT2D eigenvalue weighted by Gasteiger charge is 2.69. The van der Waals surface area contributed by atoms with Gasteiger partial charge in [0.2, 0.25) is 0 Å². The first-order valence-corrected chi connectivity index (χ1v) is 18.9. The Morgan fingerprint density at radius 1 is 0.660 bits per heavy atom. The molecular formula is C44H62O3. The first-order chi connectivity index (χ1) is 22.3. The van der Waals surface area contributed by atoms with Crippen molar-refractivity contribution >= 4 is 0 Å². The third-order valence-electron chi connectivity index (χ3n) is 15.8. The minimum atomic E-state index is -0.226. The molecule has 256 valence electrons. The number of allylic oxidation sites excluding steroid dienone is 2. The van der Waals surface area contributed by atoms with Gasteiger partial charge in [-0.15, -0.1) is 0 Å². The fourth-order valence-electron chi connectivity index (χ4n) is 12.7. The van der Waals surface area contributed by atoms with E-state index in [-0.39, 0.29) is 51.3 Å². The fourth-order valence-corrected chi connectivity index (χ4v) is 12.7. The van der Waals surface area contributed by atoms with Gasteiger partial charge in [0.25, 0.3) is 0 Å². The van der Waals surface area contributed by atoms with Gasteiger partial charge < -0.3 is 14.6 Å². The largest absolute Gasteiger partial charge is 0.396 e. The van der Waals surface area contributed by atoms with E-state index in [0.717, 1.165) is 12.8 Å². The molecule has 0 bridgehead atoms. The second-order valence-electron chi connectivity index (χ2n) is 18.7. The zero-order chi connectivity index (χ0) is 33.3. The van der Waals surface area contributed by atoms with Crippen LogP contribution in [0.2, 0.25) is 0 Å². The van der Waals surface area contributed by atoms with Crippen LogP contribution in [0.5, 0.6) is 0 Å². The molecule has 10 atom stereocenters. The van der Waals surface area contributed by atoms with Crippen molar-refractivity contribution in [3.63, 3.8) is 0 Å². The van der Waals surface area contributed by atoms with E-state index < -0.39 is 0 Å². The summed E-state index contributed by atoms with van der Waals surface area (Å²) in [5.41, 5.74) is 5.12. The van der Waals surface area contributed by atoms with Crippen LogP contribution in [0.25, 0.3) is 0 Å². The van der Waals surface area contributed by atoms with Gasteiger partial charge in [0.05, 0.1) is 32.0 Å². The second kappa shape index (κ2) is 11.8. The molecule has 1 N–H and O–H groups in total. The molecule has 0 spiro atoms. The summed E-state index contributed by atoms with van der Waals surface area (Å²) >= 11 is 0. The topological polar surface area (TPSA) is 38.7 Å². The fraction of sp³-hybridized carbons (Fsp3) is 0.682. The number of rotatable bonds is 7. The van der Waals surface area contributed by atoms with Crippen molar-refractivity contribution in [2.24, 2.45) is 50.2 Å². The van der Waals surface area contributed by atoms with Crippen molar-refractivity contribution < 1.29 is 14.6 Å². The molecule has 4 fully saturated rings. The van der Waals surface area contributed by atoms with Crippen molar-refractivity contribution in [3.8, 4) is 0 Å². The van der Waals surface area contributed by atoms with E-state index in [0.29, 0.717) is 31.0 Å². The zero-order valence-corrected chi connectivity index (χ0v) is 30.5. The first kappa shape index (κ1) is 33.6. The van der Waals surface area contributed by atoms with Crippen molar-refractivity contribution in [3.05, 3.63) is 83.4 Å². The standard InChI is InChI=1S/C44H62O3/c1-39(2)26-34-33-18-19-36-41(4)22-21-37(46-28-31-14-10-8-11-15-31)42(5,30-45)35(41)20-23-44(36,7)43(33,6)25-24-40(34,3)38(27-39)47-29-32-16-12-9-13-17-32/h8-18,34-38,45H,19-30H2,1-7H3/t34-,35?,36-,37+,38-,40-,41+,42+,43-,44-/m1/s1. The van der Waals surface area contributed by atoms with Gasteiger partial charge in [0.15, 0.2) is 0 Å². The minimum Gasteiger partial charge on any atom is -0.396 e. The zero-order valence-electron chi connectivity index (χ0n) is 30.5. The van der Waals surface area contributed by atoms with E-state index >= 15 is 0 Å². The Balaban J connectivity index is 1.17. The van der Waals surface area contributed by atoms with E-state index in [1.54, 1.807) is 5.57 Å². The average Bonchev–Trinajstić information content (AvgIpc) is 3.05. The lowest BCUT2D eigenvalue weighted by molar-refractivity contribution is -0.229. The predicted octanol–water partition coefficient (Wildman–Crippen LogP) is 10.6. The van der Waals surface area contributed by atoms with E-state index in [1.165, 1.54) is 56.1 Å². The quantitative estimate of drug-likeness (QED) is 0.307. The molecule has 0 heterocycles. The Kier molecular flexibility index (Phi) is 8.45. The van der Waals surface area contributed by atoms with Gasteiger partial charge in [-0.1, -0.05) is 121 Å². The Bertz CT molecular complexity index is 1450. The van der Waals surface area contributed by atoms with Crippen molar-refractivity contribution in [2.75, 3.05) is 6.61 Å². The SMILES string of the molecule is CC1(C)C[C@@H]2C3=CC[C@@H]4[C@@]5(C)CC[C@H](OCc6ccccc6)[C@@](C)(CO)C5CC[C@@]4(C)[C@]3(C)CC[C@@]2(C)[C@H](OCc2ccccc2)C1. The van der Waals surface area contributed by atoms with E-state index in [4.69, 9.17) is 9.47 Å². The van der Waals surface area contributed by atoms with Crippen LogP contribution < -0.4 is 0 Å². The Labute approximate surface area is 285 Å². The van der Waals surface area contributed by atoms with Crippen LogP contribution >= 0.6 is 0 Å². The molecule has 4 saturated carbocycles. The van der Waals surface area contributed by atoms with Gasteiger partial charge in [-0.25, -0.2) is 0 Å². The summed E-state index contributed by atoms with van der Waals surface area (Å²) in [5, 5.41) is 11.1. The second-order valence-corrected chi connectivity index (χ2v) is 18.7. The van der Waals surface area contributed by atoms with Gasteiger partial charge in [-0.2, -0.15) is 0 Å². The van der Waals surface area contributed by atoms with Gasteiger partial charge in [-0.3, -0.25) is 0 Å². The number of hydrogen-bond donors (Lipinski definition) is 1. The van der Waals surface area contributed by atoms with E-state index in [9.17, 15) is 5.11 Å². The number of aliphatic hydroxyl groups is 1. The van der Waals surface area contributed by atoms with Gasteiger partial charge in [0.1, 0.15) is 0 Å². The molecule has 2 aromatic rings. The van der Waals surface area contributed by atoms with Gasteiger partial charge in [-0.05, 0) is 108 Å². The molecule has 3 heteroatoms. The third kappa shape index (κ3) is 5.23. The smallest absolute Gasteiger partial charge is 0.0720 e. The van der Waals surface area contributed by atoms with Crippen LogP contribution in [0.15, 0.2) is 72.3 Å². The number of ether oxygens (including phenoxy) is 2. The minimum absolute atomic E-state index is 0.0908. The molecule has 0 amide bonds. The molecule has 7 rings (SSSR count). The van der Waals surface area contributed by atoms with Crippen LogP contribution in [0, 0.1) is 50.2 Å². The molecule has 5 aliphatic carbocycles. The maximum Gasteiger partial charge on any atom is 0.0720 e. The predicted molar refractivity (Wildman–Crippen MR) is 192 cm³/mol. The highest BCUT2D eigenvalue weighted by molar-refractivity contribution is 5.34. The molecule has 5 aliphatic rings. The highest BCUT2D eigenvalue weighted by atomic mass is 16.5. The molecule has 0 radical (unpaired) electrons. The molecule has 0 aliphatic heterocycles. The monoisotopic (exact) mass is 638 g/mol. The van der Waals surface area contributed by atoms with Crippen molar-refractivity contribution in [1.29, 1.82) is 0 Å². The number of aliphatic hydroxyl groups excluding tert-OH is 1. The Hall–Kier alpha value is -1.94. The molecule has 0 aromatic heterocycles. The molecule has 1 unspecified atom stereocenters. The summed E-state index contributed by atoms with van der Waals surface area (Å²) in [6.45, 7) is 19.4. The lowest BCUT2D eigenvalue weighted by Gasteiger charge is -2.72. The number of fused-ring (bicyclic) bond motifs is 7. The number of benzene rings is 2. The summed E-state index contributed by atoms with van der Waals surface area (Å²) < 4.78 is 13.6. The van der Waals surface area contributed by atoms with E-state index in [2.05, 4.69) is 115 Å². The van der Waals surface area contributed by atoms with Crippen LogP contribution in [0.3, 0.4) is 0 Å². The van der Waals surface area contributed by atoms with Crippen LogP contribution in [0.4, 0.5) is 0 Å². The van der Waals surface area contributed by atoms with Gasteiger partial charge in [0, 0.05) is 10.8 Å². The van der Waals surface area contributed by atoms with Crippen LogP contribution in [-0.2, 0) is 22.7 Å². The van der Waals surface area contributed by atoms with Crippen LogP contribution in [0.1, 0.15) is 117 Å². The lowest BCUT2D eigenvalue weighted by Crippen LogP contribution is -2.66. The highest BCUT2D eigenvalue weighted by Crippen LogP contribution is 2.76. The van der Waals surface area contributed by atoms with Crippen molar-refractivity contribution in [1.82, 2.24) is 0 Å². The first-order valence-electron chi connectivity index (χ1n) is 18.9. The molecule has 2 aromatic carbocycles. The lowest BCUT2D eigenvalue weighted by atomic mass is 9.33.